The molecular formula is C29H23N9O. The molecule has 6 aromatic rings. The van der Waals surface area contributed by atoms with Crippen LogP contribution in [-0.4, -0.2) is 40.0 Å². The van der Waals surface area contributed by atoms with E-state index in [9.17, 15) is 4.79 Å². The smallest absolute Gasteiger partial charge is 0.259 e. The van der Waals surface area contributed by atoms with Gasteiger partial charge in [-0.05, 0) is 19.1 Å². The van der Waals surface area contributed by atoms with Gasteiger partial charge in [-0.15, -0.1) is 0 Å². The number of aryl methyl sites for hydroxylation is 1. The minimum absolute atomic E-state index is 0.108. The third-order valence-electron chi connectivity index (χ3n) is 6.35. The van der Waals surface area contributed by atoms with Gasteiger partial charge in [0.15, 0.2) is 5.65 Å². The maximum Gasteiger partial charge on any atom is 0.259 e. The van der Waals surface area contributed by atoms with Gasteiger partial charge in [0.25, 0.3) is 5.91 Å². The first-order chi connectivity index (χ1) is 19.0. The lowest BCUT2D eigenvalue weighted by atomic mass is 9.98. The number of hydrogen-bond acceptors (Lipinski definition) is 7. The third kappa shape index (κ3) is 4.53. The molecule has 190 valence electrons. The van der Waals surface area contributed by atoms with Crippen molar-refractivity contribution in [3.8, 4) is 23.1 Å². The summed E-state index contributed by atoms with van der Waals surface area (Å²) >= 11 is 0. The van der Waals surface area contributed by atoms with Crippen LogP contribution in [0.2, 0.25) is 0 Å². The summed E-state index contributed by atoms with van der Waals surface area (Å²) in [4.78, 5) is 31.4. The van der Waals surface area contributed by atoms with E-state index in [1.807, 2.05) is 62.6 Å². The second-order valence-electron chi connectivity index (χ2n) is 9.03. The van der Waals surface area contributed by atoms with Gasteiger partial charge in [-0.3, -0.25) is 18.9 Å². The van der Waals surface area contributed by atoms with Crippen molar-refractivity contribution in [1.82, 2.24) is 39.4 Å². The normalized spacial score (nSPS) is 11.7. The SMILES string of the molecule is CC(NC(=O)c1c(N)ncn2ccnc12)c1cc2nccc(C#Cc3cnn(C)c3)c2nc1-c1ccccc1. The van der Waals surface area contributed by atoms with Crippen molar-refractivity contribution >= 4 is 28.4 Å². The van der Waals surface area contributed by atoms with Crippen molar-refractivity contribution in [2.24, 2.45) is 7.05 Å². The Balaban J connectivity index is 1.44. The number of amides is 1. The van der Waals surface area contributed by atoms with E-state index in [1.54, 1.807) is 33.9 Å². The molecule has 1 atom stereocenters. The minimum Gasteiger partial charge on any atom is -0.383 e. The van der Waals surface area contributed by atoms with Gasteiger partial charge in [0.1, 0.15) is 23.2 Å². The van der Waals surface area contributed by atoms with Crippen LogP contribution >= 0.6 is 0 Å². The lowest BCUT2D eigenvalue weighted by Crippen LogP contribution is -2.29. The van der Waals surface area contributed by atoms with Gasteiger partial charge < -0.3 is 11.1 Å². The summed E-state index contributed by atoms with van der Waals surface area (Å²) in [5.41, 5.74) is 12.0. The van der Waals surface area contributed by atoms with Crippen molar-refractivity contribution in [2.75, 3.05) is 5.73 Å². The van der Waals surface area contributed by atoms with E-state index in [0.717, 1.165) is 27.9 Å². The predicted molar refractivity (Wildman–Crippen MR) is 147 cm³/mol. The molecule has 0 fully saturated rings. The van der Waals surface area contributed by atoms with Crippen LogP contribution in [0.3, 0.4) is 0 Å². The minimum atomic E-state index is -0.439. The van der Waals surface area contributed by atoms with E-state index in [0.29, 0.717) is 16.7 Å². The third-order valence-corrected chi connectivity index (χ3v) is 6.35. The second kappa shape index (κ2) is 9.72. The molecule has 0 saturated heterocycles. The van der Waals surface area contributed by atoms with Gasteiger partial charge in [-0.25, -0.2) is 15.0 Å². The number of nitrogens with one attached hydrogen (secondary N) is 1. The van der Waals surface area contributed by atoms with E-state index in [4.69, 9.17) is 10.7 Å². The molecule has 0 aliphatic carbocycles. The van der Waals surface area contributed by atoms with Crippen molar-refractivity contribution in [1.29, 1.82) is 0 Å². The van der Waals surface area contributed by atoms with Crippen LogP contribution < -0.4 is 11.1 Å². The highest BCUT2D eigenvalue weighted by molar-refractivity contribution is 6.04. The van der Waals surface area contributed by atoms with Gasteiger partial charge in [-0.2, -0.15) is 5.10 Å². The zero-order valence-electron chi connectivity index (χ0n) is 21.2. The Kier molecular flexibility index (Phi) is 5.93. The Labute approximate surface area is 223 Å². The number of carbonyl (C=O) groups excluding carboxylic acids is 1. The van der Waals surface area contributed by atoms with Crippen LogP contribution in [-0.2, 0) is 7.05 Å². The van der Waals surface area contributed by atoms with Crippen molar-refractivity contribution in [3.63, 3.8) is 0 Å². The number of hydrogen-bond donors (Lipinski definition) is 2. The Morgan fingerprint density at radius 3 is 2.72 bits per heavy atom. The summed E-state index contributed by atoms with van der Waals surface area (Å²) in [5, 5.41) is 7.23. The highest BCUT2D eigenvalue weighted by Crippen LogP contribution is 2.31. The molecule has 1 unspecified atom stereocenters. The molecule has 0 aliphatic heterocycles. The number of nitrogens with zero attached hydrogens (tertiary/aromatic N) is 7. The number of pyridine rings is 2. The first kappa shape index (κ1) is 23.8. The van der Waals surface area contributed by atoms with Crippen molar-refractivity contribution in [3.05, 3.63) is 102 Å². The highest BCUT2D eigenvalue weighted by Gasteiger charge is 2.22. The van der Waals surface area contributed by atoms with Crippen LogP contribution in [0.4, 0.5) is 5.82 Å². The molecule has 0 bridgehead atoms. The van der Waals surface area contributed by atoms with Gasteiger partial charge >= 0.3 is 0 Å². The lowest BCUT2D eigenvalue weighted by molar-refractivity contribution is 0.0941. The van der Waals surface area contributed by atoms with Crippen LogP contribution in [0.25, 0.3) is 27.9 Å². The summed E-state index contributed by atoms with van der Waals surface area (Å²) in [5.74, 6) is 6.09. The fourth-order valence-electron chi connectivity index (χ4n) is 4.44. The summed E-state index contributed by atoms with van der Waals surface area (Å²) in [7, 11) is 1.85. The van der Waals surface area contributed by atoms with E-state index in [1.165, 1.54) is 6.33 Å². The summed E-state index contributed by atoms with van der Waals surface area (Å²) < 4.78 is 3.36. The number of carbonyl (C=O) groups is 1. The maximum absolute atomic E-state index is 13.4. The number of benzene rings is 1. The van der Waals surface area contributed by atoms with E-state index < -0.39 is 6.04 Å². The quantitative estimate of drug-likeness (QED) is 0.345. The number of aromatic nitrogens is 7. The van der Waals surface area contributed by atoms with E-state index in [2.05, 4.69) is 37.2 Å². The van der Waals surface area contributed by atoms with Crippen LogP contribution in [0.1, 0.15) is 40.0 Å². The Bertz CT molecular complexity index is 1910. The topological polar surface area (TPSA) is 129 Å². The molecule has 10 heteroatoms. The number of nitrogens with two attached hydrogens (primary N) is 1. The predicted octanol–water partition coefficient (Wildman–Crippen LogP) is 3.55. The zero-order chi connectivity index (χ0) is 26.9. The van der Waals surface area contributed by atoms with Gasteiger partial charge in [0, 0.05) is 43.0 Å². The van der Waals surface area contributed by atoms with Gasteiger partial charge in [0.2, 0.25) is 0 Å². The largest absolute Gasteiger partial charge is 0.383 e. The zero-order valence-corrected chi connectivity index (χ0v) is 21.2. The summed E-state index contributed by atoms with van der Waals surface area (Å²) in [6, 6.07) is 13.2. The van der Waals surface area contributed by atoms with E-state index in [-0.39, 0.29) is 17.3 Å². The monoisotopic (exact) mass is 513 g/mol. The molecule has 0 spiro atoms. The fraction of sp³-hybridized carbons (Fsp3) is 0.103. The van der Waals surface area contributed by atoms with Crippen LogP contribution in [0.15, 0.2) is 79.8 Å². The summed E-state index contributed by atoms with van der Waals surface area (Å²) in [6.07, 6.45) is 10.1. The number of anilines is 1. The first-order valence-corrected chi connectivity index (χ1v) is 12.2. The average Bonchev–Trinajstić information content (AvgIpc) is 3.60. The van der Waals surface area contributed by atoms with Crippen LogP contribution in [0.5, 0.6) is 0 Å². The van der Waals surface area contributed by atoms with Gasteiger partial charge in [0.05, 0.1) is 34.6 Å². The Hall–Kier alpha value is -5.56. The molecule has 39 heavy (non-hydrogen) atoms. The average molecular weight is 514 g/mol. The number of nitrogen functional groups attached to an aromatic ring is 1. The molecule has 10 nitrogen and oxygen atoms in total. The molecule has 3 N–H and O–H groups in total. The molecule has 5 heterocycles. The second-order valence-corrected chi connectivity index (χ2v) is 9.03. The first-order valence-electron chi connectivity index (χ1n) is 12.2. The molecule has 1 aromatic carbocycles. The number of rotatable bonds is 4. The standard InChI is InChI=1S/C29H23N9O/c1-18(35-29(39)24-27(30)33-17-38-13-12-32-28(24)38)22-14-23-26(36-25(22)20-6-4-3-5-7-20)21(10-11-31-23)9-8-19-15-34-37(2)16-19/h3-7,10-18H,30H2,1-2H3,(H,35,39). The number of fused-ring (bicyclic) bond motifs is 2. The molecule has 6 rings (SSSR count). The maximum atomic E-state index is 13.4. The molecule has 0 radical (unpaired) electrons. The van der Waals surface area contributed by atoms with Crippen molar-refractivity contribution in [2.45, 2.75) is 13.0 Å². The lowest BCUT2D eigenvalue weighted by Gasteiger charge is -2.19. The van der Waals surface area contributed by atoms with Crippen LogP contribution in [0, 0.1) is 11.8 Å². The molecule has 1 amide bonds. The molecule has 5 aromatic heterocycles. The fourth-order valence-corrected chi connectivity index (χ4v) is 4.44. The molecular weight excluding hydrogens is 490 g/mol. The Morgan fingerprint density at radius 1 is 1.08 bits per heavy atom. The highest BCUT2D eigenvalue weighted by atomic mass is 16.1. The molecule has 0 aliphatic rings. The number of imidazole rings is 1. The van der Waals surface area contributed by atoms with Gasteiger partial charge in [-0.1, -0.05) is 42.2 Å². The van der Waals surface area contributed by atoms with E-state index >= 15 is 0 Å². The Morgan fingerprint density at radius 2 is 1.92 bits per heavy atom. The summed E-state index contributed by atoms with van der Waals surface area (Å²) in [6.45, 7) is 1.90. The molecule has 0 saturated carbocycles. The van der Waals surface area contributed by atoms with Crippen molar-refractivity contribution < 1.29 is 4.79 Å².